The van der Waals surface area contributed by atoms with Gasteiger partial charge >= 0.3 is 0 Å². The molecule has 1 aliphatic heterocycles. The van der Waals surface area contributed by atoms with Crippen LogP contribution in [0.5, 0.6) is 11.5 Å². The lowest BCUT2D eigenvalue weighted by atomic mass is 10.1. The van der Waals surface area contributed by atoms with Crippen molar-refractivity contribution in [2.45, 2.75) is 12.6 Å². The van der Waals surface area contributed by atoms with Gasteiger partial charge in [-0.2, -0.15) is 0 Å². The van der Waals surface area contributed by atoms with Gasteiger partial charge in [0, 0.05) is 6.54 Å². The molecule has 21 heavy (non-hydrogen) atoms. The Labute approximate surface area is 122 Å². The van der Waals surface area contributed by atoms with E-state index in [1.165, 1.54) is 0 Å². The number of primary amides is 1. The molecule has 0 aromatic heterocycles. The largest absolute Gasteiger partial charge is 0.454 e. The third kappa shape index (κ3) is 2.98. The number of nitrogens with one attached hydrogen (secondary N) is 1. The van der Waals surface area contributed by atoms with Crippen molar-refractivity contribution >= 4 is 5.91 Å². The maximum Gasteiger partial charge on any atom is 0.239 e. The molecule has 1 atom stereocenters. The SMILES string of the molecule is NC(=O)[C@@H](NCc1ccc2c(c1)OCO2)c1ccccc1. The van der Waals surface area contributed by atoms with Crippen LogP contribution < -0.4 is 20.5 Å². The number of fused-ring (bicyclic) bond motifs is 1. The second-order valence-electron chi connectivity index (χ2n) is 4.81. The number of hydrogen-bond acceptors (Lipinski definition) is 4. The minimum absolute atomic E-state index is 0.250. The van der Waals surface area contributed by atoms with Gasteiger partial charge < -0.3 is 15.2 Å². The lowest BCUT2D eigenvalue weighted by Gasteiger charge is -2.16. The highest BCUT2D eigenvalue weighted by molar-refractivity contribution is 5.81. The number of benzene rings is 2. The molecule has 5 nitrogen and oxygen atoms in total. The van der Waals surface area contributed by atoms with Crippen LogP contribution in [0, 0.1) is 0 Å². The highest BCUT2D eigenvalue weighted by atomic mass is 16.7. The van der Waals surface area contributed by atoms with Crippen LogP contribution in [0.25, 0.3) is 0 Å². The number of carbonyl (C=O) groups is 1. The van der Waals surface area contributed by atoms with Gasteiger partial charge in [-0.05, 0) is 23.3 Å². The third-order valence-corrected chi connectivity index (χ3v) is 3.36. The minimum Gasteiger partial charge on any atom is -0.454 e. The van der Waals surface area contributed by atoms with Gasteiger partial charge in [0.1, 0.15) is 6.04 Å². The maximum absolute atomic E-state index is 11.6. The van der Waals surface area contributed by atoms with Crippen molar-refractivity contribution in [2.75, 3.05) is 6.79 Å². The first-order chi connectivity index (χ1) is 10.2. The van der Waals surface area contributed by atoms with E-state index in [1.54, 1.807) is 0 Å². The molecule has 5 heteroatoms. The molecular formula is C16H16N2O3. The molecule has 0 saturated heterocycles. The van der Waals surface area contributed by atoms with Crippen LogP contribution in [0.1, 0.15) is 17.2 Å². The summed E-state index contributed by atoms with van der Waals surface area (Å²) in [6.45, 7) is 0.763. The fourth-order valence-electron chi connectivity index (χ4n) is 2.30. The summed E-state index contributed by atoms with van der Waals surface area (Å²) in [6.07, 6.45) is 0. The van der Waals surface area contributed by atoms with Crippen molar-refractivity contribution in [1.29, 1.82) is 0 Å². The number of nitrogens with two attached hydrogens (primary N) is 1. The van der Waals surface area contributed by atoms with Gasteiger partial charge in [-0.1, -0.05) is 36.4 Å². The van der Waals surface area contributed by atoms with Crippen LogP contribution in [-0.4, -0.2) is 12.7 Å². The molecule has 0 aliphatic carbocycles. The monoisotopic (exact) mass is 284 g/mol. The number of carbonyl (C=O) groups excluding carboxylic acids is 1. The Morgan fingerprint density at radius 3 is 2.67 bits per heavy atom. The van der Waals surface area contributed by atoms with Crippen molar-refractivity contribution in [3.05, 3.63) is 59.7 Å². The molecule has 0 radical (unpaired) electrons. The molecule has 0 unspecified atom stereocenters. The second-order valence-corrected chi connectivity index (χ2v) is 4.81. The zero-order valence-electron chi connectivity index (χ0n) is 11.4. The fourth-order valence-corrected chi connectivity index (χ4v) is 2.30. The molecule has 3 rings (SSSR count). The van der Waals surface area contributed by atoms with Crippen LogP contribution in [-0.2, 0) is 11.3 Å². The lowest BCUT2D eigenvalue weighted by Crippen LogP contribution is -2.33. The molecule has 0 spiro atoms. The Morgan fingerprint density at radius 1 is 1.14 bits per heavy atom. The van der Waals surface area contributed by atoms with Gasteiger partial charge in [0.05, 0.1) is 0 Å². The highest BCUT2D eigenvalue weighted by Crippen LogP contribution is 2.32. The van der Waals surface area contributed by atoms with Crippen LogP contribution in [0.2, 0.25) is 0 Å². The van der Waals surface area contributed by atoms with Gasteiger partial charge in [0.15, 0.2) is 11.5 Å². The van der Waals surface area contributed by atoms with Gasteiger partial charge in [-0.15, -0.1) is 0 Å². The molecular weight excluding hydrogens is 268 g/mol. The van der Waals surface area contributed by atoms with Crippen molar-refractivity contribution < 1.29 is 14.3 Å². The summed E-state index contributed by atoms with van der Waals surface area (Å²) < 4.78 is 10.6. The summed E-state index contributed by atoms with van der Waals surface area (Å²) in [5.74, 6) is 1.07. The molecule has 1 aliphatic rings. The molecule has 2 aromatic rings. The summed E-state index contributed by atoms with van der Waals surface area (Å²) in [7, 11) is 0. The van der Waals surface area contributed by atoms with Gasteiger partial charge in [0.25, 0.3) is 0 Å². The van der Waals surface area contributed by atoms with Gasteiger partial charge in [0.2, 0.25) is 12.7 Å². The molecule has 0 saturated carbocycles. The predicted molar refractivity (Wildman–Crippen MR) is 77.8 cm³/mol. The molecule has 108 valence electrons. The average molecular weight is 284 g/mol. The summed E-state index contributed by atoms with van der Waals surface area (Å²) in [4.78, 5) is 11.6. The Bertz CT molecular complexity index is 643. The Morgan fingerprint density at radius 2 is 1.90 bits per heavy atom. The van der Waals surface area contributed by atoms with Crippen LogP contribution in [0.15, 0.2) is 48.5 Å². The van der Waals surface area contributed by atoms with Crippen LogP contribution >= 0.6 is 0 Å². The first kappa shape index (κ1) is 13.5. The zero-order valence-corrected chi connectivity index (χ0v) is 11.4. The third-order valence-electron chi connectivity index (χ3n) is 3.36. The Balaban J connectivity index is 1.71. The van der Waals surface area contributed by atoms with E-state index in [9.17, 15) is 4.79 Å². The normalized spacial score (nSPS) is 13.9. The summed E-state index contributed by atoms with van der Waals surface area (Å²) in [5, 5.41) is 3.17. The number of rotatable bonds is 5. The molecule has 1 amide bonds. The Hall–Kier alpha value is -2.53. The maximum atomic E-state index is 11.6. The standard InChI is InChI=1S/C16H16N2O3/c17-16(19)15(12-4-2-1-3-5-12)18-9-11-6-7-13-14(8-11)21-10-20-13/h1-8,15,18H,9-10H2,(H2,17,19)/t15-/m0/s1. The Kier molecular flexibility index (Phi) is 3.75. The minimum atomic E-state index is -0.517. The van der Waals surface area contributed by atoms with E-state index in [2.05, 4.69) is 5.32 Å². The van der Waals surface area contributed by atoms with Crippen LogP contribution in [0.4, 0.5) is 0 Å². The van der Waals surface area contributed by atoms with Crippen molar-refractivity contribution in [3.63, 3.8) is 0 Å². The molecule has 1 heterocycles. The van der Waals surface area contributed by atoms with E-state index < -0.39 is 11.9 Å². The average Bonchev–Trinajstić information content (AvgIpc) is 2.96. The zero-order chi connectivity index (χ0) is 14.7. The first-order valence-electron chi connectivity index (χ1n) is 6.70. The van der Waals surface area contributed by atoms with E-state index in [1.807, 2.05) is 48.5 Å². The number of hydrogen-bond donors (Lipinski definition) is 2. The summed E-state index contributed by atoms with van der Waals surface area (Å²) in [6, 6.07) is 14.6. The molecule has 0 fully saturated rings. The van der Waals surface area contributed by atoms with E-state index in [-0.39, 0.29) is 6.79 Å². The van der Waals surface area contributed by atoms with Crippen molar-refractivity contribution in [2.24, 2.45) is 5.73 Å². The molecule has 2 aromatic carbocycles. The lowest BCUT2D eigenvalue weighted by molar-refractivity contribution is -0.120. The van der Waals surface area contributed by atoms with Gasteiger partial charge in [-0.3, -0.25) is 10.1 Å². The van der Waals surface area contributed by atoms with E-state index in [0.29, 0.717) is 6.54 Å². The van der Waals surface area contributed by atoms with E-state index >= 15 is 0 Å². The smallest absolute Gasteiger partial charge is 0.239 e. The van der Waals surface area contributed by atoms with E-state index in [4.69, 9.17) is 15.2 Å². The molecule has 0 bridgehead atoms. The topological polar surface area (TPSA) is 73.6 Å². The predicted octanol–water partition coefficient (Wildman–Crippen LogP) is 1.73. The number of ether oxygens (including phenoxy) is 2. The summed E-state index contributed by atoms with van der Waals surface area (Å²) in [5.41, 5.74) is 7.33. The highest BCUT2D eigenvalue weighted by Gasteiger charge is 2.18. The first-order valence-corrected chi connectivity index (χ1v) is 6.70. The molecule has 3 N–H and O–H groups in total. The second kappa shape index (κ2) is 5.85. The van der Waals surface area contributed by atoms with E-state index in [0.717, 1.165) is 22.6 Å². The van der Waals surface area contributed by atoms with Crippen molar-refractivity contribution in [3.8, 4) is 11.5 Å². The van der Waals surface area contributed by atoms with Crippen LogP contribution in [0.3, 0.4) is 0 Å². The van der Waals surface area contributed by atoms with Gasteiger partial charge in [-0.25, -0.2) is 0 Å². The number of amides is 1. The quantitative estimate of drug-likeness (QED) is 0.877. The van der Waals surface area contributed by atoms with Crippen molar-refractivity contribution in [1.82, 2.24) is 5.32 Å². The fraction of sp³-hybridized carbons (Fsp3) is 0.188. The summed E-state index contributed by atoms with van der Waals surface area (Å²) >= 11 is 0.